The second-order valence-electron chi connectivity index (χ2n) is 4.76. The molecule has 2 aliphatic rings. The lowest BCUT2D eigenvalue weighted by Gasteiger charge is -2.33. The summed E-state index contributed by atoms with van der Waals surface area (Å²) in [5.41, 5.74) is 0. The predicted molar refractivity (Wildman–Crippen MR) is 58.4 cm³/mol. The standard InChI is InChI=1S/C12H23NO/c1-13-11-8-4-5-9-12(11)14-10-6-2-3-7-10/h10-13H,2-9H2,1H3. The van der Waals surface area contributed by atoms with Gasteiger partial charge in [0.2, 0.25) is 0 Å². The Balaban J connectivity index is 1.81. The number of hydrogen-bond acceptors (Lipinski definition) is 2. The van der Waals surface area contributed by atoms with Gasteiger partial charge in [0.1, 0.15) is 0 Å². The van der Waals surface area contributed by atoms with Crippen molar-refractivity contribution >= 4 is 0 Å². The van der Waals surface area contributed by atoms with Crippen molar-refractivity contribution in [3.8, 4) is 0 Å². The Morgan fingerprint density at radius 3 is 2.29 bits per heavy atom. The Labute approximate surface area is 87.4 Å². The van der Waals surface area contributed by atoms with Crippen LogP contribution in [0.25, 0.3) is 0 Å². The Hall–Kier alpha value is -0.0800. The lowest BCUT2D eigenvalue weighted by molar-refractivity contribution is -0.0419. The molecule has 2 atom stereocenters. The molecular formula is C12H23NO. The lowest BCUT2D eigenvalue weighted by atomic mass is 9.92. The van der Waals surface area contributed by atoms with E-state index >= 15 is 0 Å². The largest absolute Gasteiger partial charge is 0.373 e. The van der Waals surface area contributed by atoms with Gasteiger partial charge in [-0.05, 0) is 32.7 Å². The minimum atomic E-state index is 0.497. The van der Waals surface area contributed by atoms with E-state index in [1.165, 1.54) is 51.4 Å². The maximum Gasteiger partial charge on any atom is 0.0731 e. The van der Waals surface area contributed by atoms with Crippen molar-refractivity contribution in [3.63, 3.8) is 0 Å². The zero-order valence-electron chi connectivity index (χ0n) is 9.30. The Morgan fingerprint density at radius 1 is 0.929 bits per heavy atom. The van der Waals surface area contributed by atoms with Crippen LogP contribution in [0, 0.1) is 0 Å². The summed E-state index contributed by atoms with van der Waals surface area (Å²) in [7, 11) is 2.07. The fourth-order valence-electron chi connectivity index (χ4n) is 2.86. The van der Waals surface area contributed by atoms with E-state index in [0.717, 1.165) is 0 Å². The quantitative estimate of drug-likeness (QED) is 0.750. The van der Waals surface area contributed by atoms with E-state index in [1.807, 2.05) is 0 Å². The van der Waals surface area contributed by atoms with Gasteiger partial charge in [0, 0.05) is 6.04 Å². The van der Waals surface area contributed by atoms with E-state index < -0.39 is 0 Å². The molecule has 0 spiro atoms. The third-order valence-corrected chi connectivity index (χ3v) is 3.74. The van der Waals surface area contributed by atoms with Gasteiger partial charge >= 0.3 is 0 Å². The van der Waals surface area contributed by atoms with Gasteiger partial charge < -0.3 is 10.1 Å². The van der Waals surface area contributed by atoms with Gasteiger partial charge in [-0.25, -0.2) is 0 Å². The second kappa shape index (κ2) is 5.13. The van der Waals surface area contributed by atoms with Crippen LogP contribution in [0.4, 0.5) is 0 Å². The van der Waals surface area contributed by atoms with Gasteiger partial charge in [-0.1, -0.05) is 25.7 Å². The molecule has 0 aromatic heterocycles. The molecule has 0 heterocycles. The molecule has 0 aliphatic heterocycles. The molecule has 2 fully saturated rings. The molecule has 2 aliphatic carbocycles. The highest BCUT2D eigenvalue weighted by molar-refractivity contribution is 4.82. The van der Waals surface area contributed by atoms with E-state index in [4.69, 9.17) is 4.74 Å². The van der Waals surface area contributed by atoms with Gasteiger partial charge in [0.05, 0.1) is 12.2 Å². The van der Waals surface area contributed by atoms with E-state index in [2.05, 4.69) is 12.4 Å². The molecule has 0 aromatic rings. The number of nitrogens with one attached hydrogen (secondary N) is 1. The average Bonchev–Trinajstić information content (AvgIpc) is 2.71. The molecule has 0 amide bonds. The van der Waals surface area contributed by atoms with Crippen LogP contribution in [-0.2, 0) is 4.74 Å². The third kappa shape index (κ3) is 2.48. The van der Waals surface area contributed by atoms with E-state index in [-0.39, 0.29) is 0 Å². The first-order valence-corrected chi connectivity index (χ1v) is 6.23. The summed E-state index contributed by atoms with van der Waals surface area (Å²) in [5, 5.41) is 3.40. The van der Waals surface area contributed by atoms with Crippen LogP contribution in [-0.4, -0.2) is 25.3 Å². The molecule has 2 rings (SSSR count). The highest BCUT2D eigenvalue weighted by Crippen LogP contribution is 2.27. The van der Waals surface area contributed by atoms with Crippen molar-refractivity contribution in [2.24, 2.45) is 0 Å². The Morgan fingerprint density at radius 2 is 1.57 bits per heavy atom. The first kappa shape index (κ1) is 10.4. The van der Waals surface area contributed by atoms with Gasteiger partial charge in [-0.15, -0.1) is 0 Å². The number of ether oxygens (including phenoxy) is 1. The summed E-state index contributed by atoms with van der Waals surface area (Å²) in [4.78, 5) is 0. The van der Waals surface area contributed by atoms with Crippen molar-refractivity contribution in [3.05, 3.63) is 0 Å². The molecule has 82 valence electrons. The third-order valence-electron chi connectivity index (χ3n) is 3.74. The summed E-state index contributed by atoms with van der Waals surface area (Å²) in [6.45, 7) is 0. The highest BCUT2D eigenvalue weighted by Gasteiger charge is 2.28. The van der Waals surface area contributed by atoms with Crippen LogP contribution < -0.4 is 5.32 Å². The van der Waals surface area contributed by atoms with Crippen LogP contribution >= 0.6 is 0 Å². The fraction of sp³-hybridized carbons (Fsp3) is 1.00. The number of hydrogen-bond donors (Lipinski definition) is 1. The maximum atomic E-state index is 6.19. The molecule has 0 aromatic carbocycles. The van der Waals surface area contributed by atoms with E-state index in [0.29, 0.717) is 18.2 Å². The second-order valence-corrected chi connectivity index (χ2v) is 4.76. The average molecular weight is 197 g/mol. The summed E-state index contributed by atoms with van der Waals surface area (Å²) in [6, 6.07) is 0.615. The summed E-state index contributed by atoms with van der Waals surface area (Å²) in [5.74, 6) is 0. The number of rotatable bonds is 3. The van der Waals surface area contributed by atoms with Crippen LogP contribution in [0.5, 0.6) is 0 Å². The lowest BCUT2D eigenvalue weighted by Crippen LogP contribution is -2.43. The van der Waals surface area contributed by atoms with Crippen LogP contribution in [0.15, 0.2) is 0 Å². The van der Waals surface area contributed by atoms with Crippen molar-refractivity contribution in [1.82, 2.24) is 5.32 Å². The van der Waals surface area contributed by atoms with Gasteiger partial charge in [0.25, 0.3) is 0 Å². The fourth-order valence-corrected chi connectivity index (χ4v) is 2.86. The summed E-state index contributed by atoms with van der Waals surface area (Å²) >= 11 is 0. The molecule has 2 saturated carbocycles. The van der Waals surface area contributed by atoms with Crippen LogP contribution in [0.1, 0.15) is 51.4 Å². The molecule has 2 heteroatoms. The minimum absolute atomic E-state index is 0.497. The monoisotopic (exact) mass is 197 g/mol. The minimum Gasteiger partial charge on any atom is -0.373 e. The molecule has 1 N–H and O–H groups in total. The smallest absolute Gasteiger partial charge is 0.0731 e. The molecule has 14 heavy (non-hydrogen) atoms. The van der Waals surface area contributed by atoms with Gasteiger partial charge in [-0.2, -0.15) is 0 Å². The molecule has 0 radical (unpaired) electrons. The number of likely N-dealkylation sites (N-methyl/N-ethyl adjacent to an activating group) is 1. The van der Waals surface area contributed by atoms with Crippen molar-refractivity contribution < 1.29 is 4.74 Å². The summed E-state index contributed by atoms with van der Waals surface area (Å²) in [6.07, 6.45) is 11.7. The SMILES string of the molecule is CNC1CCCCC1OC1CCCC1. The zero-order chi connectivity index (χ0) is 9.80. The molecule has 2 nitrogen and oxygen atoms in total. The van der Waals surface area contributed by atoms with Gasteiger partial charge in [0.15, 0.2) is 0 Å². The van der Waals surface area contributed by atoms with Gasteiger partial charge in [-0.3, -0.25) is 0 Å². The predicted octanol–water partition coefficient (Wildman–Crippen LogP) is 2.48. The normalized spacial score (nSPS) is 34.9. The zero-order valence-corrected chi connectivity index (χ0v) is 9.30. The molecule has 0 saturated heterocycles. The van der Waals surface area contributed by atoms with E-state index in [9.17, 15) is 0 Å². The highest BCUT2D eigenvalue weighted by atomic mass is 16.5. The Kier molecular flexibility index (Phi) is 3.82. The first-order valence-electron chi connectivity index (χ1n) is 6.23. The molecule has 2 unspecified atom stereocenters. The molecular weight excluding hydrogens is 174 g/mol. The summed E-state index contributed by atoms with van der Waals surface area (Å²) < 4.78 is 6.19. The van der Waals surface area contributed by atoms with Crippen molar-refractivity contribution in [2.45, 2.75) is 69.6 Å². The maximum absolute atomic E-state index is 6.19. The van der Waals surface area contributed by atoms with Crippen LogP contribution in [0.3, 0.4) is 0 Å². The van der Waals surface area contributed by atoms with Crippen LogP contribution in [0.2, 0.25) is 0 Å². The molecule has 0 bridgehead atoms. The first-order chi connectivity index (χ1) is 6.90. The topological polar surface area (TPSA) is 21.3 Å². The van der Waals surface area contributed by atoms with Crippen molar-refractivity contribution in [2.75, 3.05) is 7.05 Å². The Bertz CT molecular complexity index is 166. The van der Waals surface area contributed by atoms with Crippen molar-refractivity contribution in [1.29, 1.82) is 0 Å². The van der Waals surface area contributed by atoms with E-state index in [1.54, 1.807) is 0 Å².